The van der Waals surface area contributed by atoms with Crippen LogP contribution in [0.2, 0.25) is 0 Å². The summed E-state index contributed by atoms with van der Waals surface area (Å²) in [5.74, 6) is -0.804. The summed E-state index contributed by atoms with van der Waals surface area (Å²) in [5, 5.41) is 10.9. The van der Waals surface area contributed by atoms with Crippen LogP contribution in [0.1, 0.15) is 12.5 Å². The summed E-state index contributed by atoms with van der Waals surface area (Å²) >= 11 is 3.37. The van der Waals surface area contributed by atoms with E-state index >= 15 is 0 Å². The van der Waals surface area contributed by atoms with Gasteiger partial charge in [-0.3, -0.25) is 30.6 Å². The molecule has 0 saturated carbocycles. The molecule has 9 nitrogen and oxygen atoms in total. The number of hydrogen-bond acceptors (Lipinski definition) is 6. The highest BCUT2D eigenvalue weighted by Crippen LogP contribution is 2.26. The van der Waals surface area contributed by atoms with Crippen LogP contribution in [-0.2, 0) is 16.0 Å². The summed E-state index contributed by atoms with van der Waals surface area (Å²) < 4.78 is 11.2. The third kappa shape index (κ3) is 6.23. The van der Waals surface area contributed by atoms with Crippen molar-refractivity contribution in [2.75, 3.05) is 13.2 Å². The van der Waals surface area contributed by atoms with E-state index in [1.807, 2.05) is 19.1 Å². The Labute approximate surface area is 169 Å². The quantitative estimate of drug-likeness (QED) is 0.469. The number of carbonyl (C=O) groups excluding carboxylic acids is 2. The maximum Gasteiger partial charge on any atom is 0.310 e. The number of para-hydroxylation sites is 2. The fourth-order valence-electron chi connectivity index (χ4n) is 2.11. The second-order valence-corrected chi connectivity index (χ2v) is 6.37. The maximum absolute atomic E-state index is 11.8. The summed E-state index contributed by atoms with van der Waals surface area (Å²) in [6.07, 6.45) is 0.875. The van der Waals surface area contributed by atoms with Crippen molar-refractivity contribution in [2.24, 2.45) is 0 Å². The van der Waals surface area contributed by atoms with E-state index in [9.17, 15) is 19.7 Å². The number of amides is 2. The van der Waals surface area contributed by atoms with Gasteiger partial charge in [-0.15, -0.1) is 0 Å². The molecule has 0 heterocycles. The highest BCUT2D eigenvalue weighted by atomic mass is 79.9. The first kappa shape index (κ1) is 21.2. The van der Waals surface area contributed by atoms with Crippen molar-refractivity contribution in [3.05, 3.63) is 62.6 Å². The lowest BCUT2D eigenvalue weighted by atomic mass is 10.2. The van der Waals surface area contributed by atoms with Gasteiger partial charge in [0.2, 0.25) is 0 Å². The van der Waals surface area contributed by atoms with Gasteiger partial charge in [0.15, 0.2) is 19.0 Å². The number of nitrogens with one attached hydrogen (secondary N) is 2. The molecule has 2 aromatic rings. The number of nitro groups is 1. The minimum Gasteiger partial charge on any atom is -0.483 e. The van der Waals surface area contributed by atoms with E-state index in [0.717, 1.165) is 16.5 Å². The number of benzene rings is 2. The fourth-order valence-corrected chi connectivity index (χ4v) is 2.65. The largest absolute Gasteiger partial charge is 0.483 e. The summed E-state index contributed by atoms with van der Waals surface area (Å²) in [5.41, 5.74) is 5.18. The number of nitro benzene ring substituents is 1. The number of carbonyl (C=O) groups is 2. The van der Waals surface area contributed by atoms with E-state index in [4.69, 9.17) is 9.47 Å². The minimum absolute atomic E-state index is 0.0438. The third-order valence-corrected chi connectivity index (χ3v) is 4.15. The second kappa shape index (κ2) is 10.3. The third-order valence-electron chi connectivity index (χ3n) is 3.53. The number of aryl methyl sites for hydroxylation is 1. The molecule has 0 saturated heterocycles. The van der Waals surface area contributed by atoms with E-state index in [1.165, 1.54) is 18.2 Å². The van der Waals surface area contributed by atoms with Crippen molar-refractivity contribution < 1.29 is 24.0 Å². The van der Waals surface area contributed by atoms with Gasteiger partial charge in [0.25, 0.3) is 11.8 Å². The van der Waals surface area contributed by atoms with Gasteiger partial charge in [-0.05, 0) is 46.1 Å². The highest BCUT2D eigenvalue weighted by Gasteiger charge is 2.15. The molecular weight excluding hydrogens is 434 g/mol. The second-order valence-electron chi connectivity index (χ2n) is 5.52. The molecule has 28 heavy (non-hydrogen) atoms. The number of nitrogens with zero attached hydrogens (tertiary/aromatic N) is 1. The first-order valence-corrected chi connectivity index (χ1v) is 9.05. The van der Waals surface area contributed by atoms with Gasteiger partial charge in [-0.2, -0.15) is 0 Å². The van der Waals surface area contributed by atoms with E-state index in [2.05, 4.69) is 26.8 Å². The molecule has 148 valence electrons. The summed E-state index contributed by atoms with van der Waals surface area (Å²) in [6.45, 7) is 1.21. The molecule has 2 rings (SSSR count). The molecule has 10 heteroatoms. The van der Waals surface area contributed by atoms with Gasteiger partial charge < -0.3 is 9.47 Å². The van der Waals surface area contributed by atoms with Gasteiger partial charge in [0, 0.05) is 6.07 Å². The van der Waals surface area contributed by atoms with Crippen LogP contribution in [0.3, 0.4) is 0 Å². The Kier molecular flexibility index (Phi) is 7.76. The van der Waals surface area contributed by atoms with Crippen LogP contribution >= 0.6 is 15.9 Å². The number of hydrogen-bond donors (Lipinski definition) is 2. The Hall–Kier alpha value is -3.14. The zero-order valence-corrected chi connectivity index (χ0v) is 16.5. The molecule has 0 unspecified atom stereocenters. The van der Waals surface area contributed by atoms with Crippen LogP contribution in [-0.4, -0.2) is 30.0 Å². The molecule has 2 amide bonds. The van der Waals surface area contributed by atoms with Crippen LogP contribution in [0, 0.1) is 10.1 Å². The number of ether oxygens (including phenoxy) is 2. The van der Waals surface area contributed by atoms with E-state index < -0.39 is 23.3 Å². The van der Waals surface area contributed by atoms with Crippen molar-refractivity contribution >= 4 is 33.4 Å². The van der Waals surface area contributed by atoms with Crippen molar-refractivity contribution in [1.29, 1.82) is 0 Å². The summed E-state index contributed by atoms with van der Waals surface area (Å²) in [6, 6.07) is 11.2. The Bertz CT molecular complexity index is 874. The minimum atomic E-state index is -0.681. The van der Waals surface area contributed by atoms with Crippen LogP contribution in [0.25, 0.3) is 0 Å². The molecular formula is C18H18BrN3O6. The van der Waals surface area contributed by atoms with Crippen LogP contribution in [0.5, 0.6) is 11.5 Å². The lowest BCUT2D eigenvalue weighted by molar-refractivity contribution is -0.385. The predicted molar refractivity (Wildman–Crippen MR) is 104 cm³/mol. The Morgan fingerprint density at radius 3 is 2.21 bits per heavy atom. The Morgan fingerprint density at radius 2 is 1.64 bits per heavy atom. The molecule has 0 bridgehead atoms. The SMILES string of the molecule is CCc1ccc(OCC(=O)NNC(=O)COc2ccccc2[N+](=O)[O-])c(Br)c1. The number of hydrazine groups is 1. The van der Waals surface area contributed by atoms with Gasteiger partial charge in [-0.25, -0.2) is 0 Å². The molecule has 0 radical (unpaired) electrons. The smallest absolute Gasteiger partial charge is 0.310 e. The molecule has 0 aliphatic carbocycles. The topological polar surface area (TPSA) is 120 Å². The zero-order valence-electron chi connectivity index (χ0n) is 14.9. The highest BCUT2D eigenvalue weighted by molar-refractivity contribution is 9.10. The van der Waals surface area contributed by atoms with Crippen LogP contribution in [0.4, 0.5) is 5.69 Å². The van der Waals surface area contributed by atoms with Crippen molar-refractivity contribution in [3.63, 3.8) is 0 Å². The average molecular weight is 452 g/mol. The van der Waals surface area contributed by atoms with Gasteiger partial charge in [-0.1, -0.05) is 25.1 Å². The van der Waals surface area contributed by atoms with E-state index in [0.29, 0.717) is 5.75 Å². The van der Waals surface area contributed by atoms with Gasteiger partial charge >= 0.3 is 5.69 Å². The molecule has 2 aromatic carbocycles. The Morgan fingerprint density at radius 1 is 1.04 bits per heavy atom. The first-order chi connectivity index (χ1) is 13.4. The van der Waals surface area contributed by atoms with Crippen molar-refractivity contribution in [1.82, 2.24) is 10.9 Å². The standard InChI is InChI=1S/C18H18BrN3O6/c1-2-12-7-8-15(13(19)9-12)27-10-17(23)20-21-18(24)11-28-16-6-4-3-5-14(16)22(25)26/h3-9H,2,10-11H2,1H3,(H,20,23)(H,21,24). The lowest BCUT2D eigenvalue weighted by Crippen LogP contribution is -2.45. The molecule has 2 N–H and O–H groups in total. The first-order valence-electron chi connectivity index (χ1n) is 8.25. The van der Waals surface area contributed by atoms with Gasteiger partial charge in [0.1, 0.15) is 5.75 Å². The van der Waals surface area contributed by atoms with Crippen LogP contribution < -0.4 is 20.3 Å². The lowest BCUT2D eigenvalue weighted by Gasteiger charge is -2.11. The number of rotatable bonds is 8. The molecule has 0 aromatic heterocycles. The molecule has 0 fully saturated rings. The summed E-state index contributed by atoms with van der Waals surface area (Å²) in [7, 11) is 0. The summed E-state index contributed by atoms with van der Waals surface area (Å²) in [4.78, 5) is 33.8. The fraction of sp³-hybridized carbons (Fsp3) is 0.222. The molecule has 0 atom stereocenters. The maximum atomic E-state index is 11.8. The molecule has 0 aliphatic rings. The predicted octanol–water partition coefficient (Wildman–Crippen LogP) is 2.52. The molecule has 0 spiro atoms. The van der Waals surface area contributed by atoms with Crippen molar-refractivity contribution in [2.45, 2.75) is 13.3 Å². The van der Waals surface area contributed by atoms with E-state index in [-0.39, 0.29) is 18.0 Å². The normalized spacial score (nSPS) is 10.1. The van der Waals surface area contributed by atoms with Gasteiger partial charge in [0.05, 0.1) is 9.40 Å². The zero-order chi connectivity index (χ0) is 20.5. The average Bonchev–Trinajstić information content (AvgIpc) is 2.69. The Balaban J connectivity index is 1.75. The monoisotopic (exact) mass is 451 g/mol. The van der Waals surface area contributed by atoms with Crippen LogP contribution in [0.15, 0.2) is 46.9 Å². The number of halogens is 1. The van der Waals surface area contributed by atoms with E-state index in [1.54, 1.807) is 12.1 Å². The molecule has 0 aliphatic heterocycles. The van der Waals surface area contributed by atoms with Crippen molar-refractivity contribution in [3.8, 4) is 11.5 Å².